The molecule has 21 heavy (non-hydrogen) atoms. The SMILES string of the molecule is Nc1ccc(-c2nc(Cl)c3c(=O)[nH][nH]c(=O)c3c2N)cc1. The predicted octanol–water partition coefficient (Wildman–Crippen LogP) is 1.10. The second-order valence-electron chi connectivity index (χ2n) is 4.45. The summed E-state index contributed by atoms with van der Waals surface area (Å²) in [6.07, 6.45) is 0. The number of fused-ring (bicyclic) bond motifs is 1. The van der Waals surface area contributed by atoms with Crippen LogP contribution in [0.15, 0.2) is 33.9 Å². The van der Waals surface area contributed by atoms with E-state index >= 15 is 0 Å². The van der Waals surface area contributed by atoms with Crippen molar-refractivity contribution < 1.29 is 0 Å². The zero-order valence-corrected chi connectivity index (χ0v) is 11.4. The van der Waals surface area contributed by atoms with Gasteiger partial charge in [0.25, 0.3) is 11.1 Å². The van der Waals surface area contributed by atoms with Crippen LogP contribution in [0.25, 0.3) is 22.0 Å². The van der Waals surface area contributed by atoms with Crippen LogP contribution in [0.2, 0.25) is 5.15 Å². The zero-order chi connectivity index (χ0) is 15.1. The van der Waals surface area contributed by atoms with Gasteiger partial charge in [0, 0.05) is 11.3 Å². The molecule has 2 aromatic heterocycles. The van der Waals surface area contributed by atoms with Crippen molar-refractivity contribution in [3.63, 3.8) is 0 Å². The minimum Gasteiger partial charge on any atom is -0.399 e. The van der Waals surface area contributed by atoms with E-state index in [2.05, 4.69) is 15.2 Å². The first-order chi connectivity index (χ1) is 9.99. The molecular formula is C13H10ClN5O2. The number of aromatic nitrogens is 3. The molecule has 3 rings (SSSR count). The normalized spacial score (nSPS) is 10.9. The maximum atomic E-state index is 11.9. The largest absolute Gasteiger partial charge is 0.399 e. The van der Waals surface area contributed by atoms with Crippen LogP contribution in [0.3, 0.4) is 0 Å². The highest BCUT2D eigenvalue weighted by molar-refractivity contribution is 6.35. The molecule has 3 aromatic rings. The van der Waals surface area contributed by atoms with Gasteiger partial charge in [0.15, 0.2) is 0 Å². The van der Waals surface area contributed by atoms with E-state index in [4.69, 9.17) is 23.1 Å². The molecule has 0 spiro atoms. The molecule has 0 aliphatic rings. The number of pyridine rings is 1. The molecule has 7 nitrogen and oxygen atoms in total. The fourth-order valence-corrected chi connectivity index (χ4v) is 2.38. The first kappa shape index (κ1) is 13.2. The van der Waals surface area contributed by atoms with Gasteiger partial charge in [-0.15, -0.1) is 0 Å². The van der Waals surface area contributed by atoms with Crippen molar-refractivity contribution in [3.8, 4) is 11.3 Å². The van der Waals surface area contributed by atoms with Crippen LogP contribution < -0.4 is 22.6 Å². The third-order valence-corrected chi connectivity index (χ3v) is 3.39. The Morgan fingerprint density at radius 1 is 0.952 bits per heavy atom. The summed E-state index contributed by atoms with van der Waals surface area (Å²) in [6.45, 7) is 0. The van der Waals surface area contributed by atoms with Crippen LogP contribution in [0, 0.1) is 0 Å². The number of anilines is 2. The van der Waals surface area contributed by atoms with Crippen molar-refractivity contribution >= 4 is 33.7 Å². The van der Waals surface area contributed by atoms with Gasteiger partial charge in [-0.1, -0.05) is 23.7 Å². The summed E-state index contributed by atoms with van der Waals surface area (Å²) < 4.78 is 0. The van der Waals surface area contributed by atoms with Crippen molar-refractivity contribution in [2.45, 2.75) is 0 Å². The lowest BCUT2D eigenvalue weighted by Crippen LogP contribution is -2.21. The molecule has 0 aliphatic carbocycles. The van der Waals surface area contributed by atoms with E-state index in [0.29, 0.717) is 16.9 Å². The fourth-order valence-electron chi connectivity index (χ4n) is 2.11. The Morgan fingerprint density at radius 2 is 1.52 bits per heavy atom. The minimum atomic E-state index is -0.558. The fraction of sp³-hybridized carbons (Fsp3) is 0. The number of nitrogens with two attached hydrogens (primary N) is 2. The number of aromatic amines is 2. The second-order valence-corrected chi connectivity index (χ2v) is 4.80. The number of rotatable bonds is 1. The second kappa shape index (κ2) is 4.64. The van der Waals surface area contributed by atoms with Crippen molar-refractivity contribution in [2.24, 2.45) is 0 Å². The molecule has 0 saturated carbocycles. The lowest BCUT2D eigenvalue weighted by atomic mass is 10.1. The van der Waals surface area contributed by atoms with Gasteiger partial charge in [0.1, 0.15) is 5.15 Å². The third-order valence-electron chi connectivity index (χ3n) is 3.12. The molecule has 2 heterocycles. The molecule has 0 aliphatic heterocycles. The summed E-state index contributed by atoms with van der Waals surface area (Å²) in [7, 11) is 0. The molecule has 106 valence electrons. The molecular weight excluding hydrogens is 294 g/mol. The Labute approximate surface area is 122 Å². The van der Waals surface area contributed by atoms with E-state index < -0.39 is 11.1 Å². The maximum absolute atomic E-state index is 11.9. The van der Waals surface area contributed by atoms with Crippen LogP contribution in [-0.4, -0.2) is 15.2 Å². The molecule has 0 unspecified atom stereocenters. The summed E-state index contributed by atoms with van der Waals surface area (Å²) in [5, 5.41) is 4.31. The van der Waals surface area contributed by atoms with Crippen molar-refractivity contribution in [1.29, 1.82) is 0 Å². The third kappa shape index (κ3) is 2.03. The van der Waals surface area contributed by atoms with Crippen LogP contribution >= 0.6 is 11.6 Å². The quantitative estimate of drug-likeness (QED) is 0.395. The lowest BCUT2D eigenvalue weighted by molar-refractivity contribution is 0.975. The summed E-state index contributed by atoms with van der Waals surface area (Å²) in [5.41, 5.74) is 12.2. The molecule has 6 N–H and O–H groups in total. The number of nitrogen functional groups attached to an aromatic ring is 2. The monoisotopic (exact) mass is 303 g/mol. The topological polar surface area (TPSA) is 131 Å². The molecule has 1 aromatic carbocycles. The smallest absolute Gasteiger partial charge is 0.273 e. The van der Waals surface area contributed by atoms with Gasteiger partial charge in [0.2, 0.25) is 0 Å². The molecule has 0 amide bonds. The Balaban J connectivity index is 2.44. The van der Waals surface area contributed by atoms with E-state index in [0.717, 1.165) is 0 Å². The van der Waals surface area contributed by atoms with Crippen molar-refractivity contribution in [2.75, 3.05) is 11.5 Å². The van der Waals surface area contributed by atoms with Crippen molar-refractivity contribution in [3.05, 3.63) is 50.1 Å². The molecule has 0 fully saturated rings. The van der Waals surface area contributed by atoms with Crippen LogP contribution in [0.1, 0.15) is 0 Å². The summed E-state index contributed by atoms with van der Waals surface area (Å²) in [5.74, 6) is 0. The van der Waals surface area contributed by atoms with Gasteiger partial charge in [-0.2, -0.15) is 0 Å². The number of hydrogen-bond acceptors (Lipinski definition) is 5. The molecule has 0 bridgehead atoms. The summed E-state index contributed by atoms with van der Waals surface area (Å²) in [6, 6.07) is 6.77. The predicted molar refractivity (Wildman–Crippen MR) is 82.3 cm³/mol. The first-order valence-corrected chi connectivity index (χ1v) is 6.32. The Hall–Kier alpha value is -2.80. The number of benzene rings is 1. The van der Waals surface area contributed by atoms with Gasteiger partial charge in [0.05, 0.1) is 22.2 Å². The van der Waals surface area contributed by atoms with Gasteiger partial charge >= 0.3 is 0 Å². The molecule has 8 heteroatoms. The first-order valence-electron chi connectivity index (χ1n) is 5.94. The van der Waals surface area contributed by atoms with Gasteiger partial charge in [-0.3, -0.25) is 19.8 Å². The van der Waals surface area contributed by atoms with Crippen LogP contribution in [-0.2, 0) is 0 Å². The standard InChI is InChI=1S/C13H10ClN5O2/c14-11-8-7(12(20)18-19-13(8)21)9(16)10(17-11)5-1-3-6(15)4-2-5/h1-4H,15-16H2,(H,18,20)(H,19,21). The van der Waals surface area contributed by atoms with E-state index in [9.17, 15) is 9.59 Å². The van der Waals surface area contributed by atoms with Crippen LogP contribution in [0.5, 0.6) is 0 Å². The average Bonchev–Trinajstić information content (AvgIpc) is 2.46. The summed E-state index contributed by atoms with van der Waals surface area (Å²) in [4.78, 5) is 27.8. The highest BCUT2D eigenvalue weighted by atomic mass is 35.5. The van der Waals surface area contributed by atoms with Gasteiger partial charge < -0.3 is 11.5 Å². The van der Waals surface area contributed by atoms with Gasteiger partial charge in [-0.25, -0.2) is 4.98 Å². The van der Waals surface area contributed by atoms with E-state index in [1.165, 1.54) is 0 Å². The Kier molecular flexibility index (Phi) is 2.91. The molecule has 0 atom stereocenters. The van der Waals surface area contributed by atoms with Gasteiger partial charge in [-0.05, 0) is 12.1 Å². The number of nitrogens with zero attached hydrogens (tertiary/aromatic N) is 1. The van der Waals surface area contributed by atoms with E-state index in [1.54, 1.807) is 24.3 Å². The Morgan fingerprint density at radius 3 is 2.14 bits per heavy atom. The summed E-state index contributed by atoms with van der Waals surface area (Å²) >= 11 is 6.03. The number of hydrogen-bond donors (Lipinski definition) is 4. The van der Waals surface area contributed by atoms with Crippen molar-refractivity contribution in [1.82, 2.24) is 15.2 Å². The molecule has 0 saturated heterocycles. The lowest BCUT2D eigenvalue weighted by Gasteiger charge is -2.09. The highest BCUT2D eigenvalue weighted by Crippen LogP contribution is 2.31. The Bertz CT molecular complexity index is 959. The van der Waals surface area contributed by atoms with Crippen LogP contribution in [0.4, 0.5) is 11.4 Å². The average molecular weight is 304 g/mol. The maximum Gasteiger partial charge on any atom is 0.273 e. The minimum absolute atomic E-state index is 0.0191. The number of H-pyrrole nitrogens is 2. The zero-order valence-electron chi connectivity index (χ0n) is 10.6. The molecule has 0 radical (unpaired) electrons. The van der Waals surface area contributed by atoms with E-state index in [1.807, 2.05) is 0 Å². The van der Waals surface area contributed by atoms with E-state index in [-0.39, 0.29) is 21.6 Å². The number of halogens is 1. The number of nitrogens with one attached hydrogen (secondary N) is 2. The highest BCUT2D eigenvalue weighted by Gasteiger charge is 2.17.